The summed E-state index contributed by atoms with van der Waals surface area (Å²) in [6.45, 7) is 7.63. The number of carbonyl (C=O) groups is 4. The van der Waals surface area contributed by atoms with Crippen molar-refractivity contribution in [2.75, 3.05) is 32.7 Å². The van der Waals surface area contributed by atoms with Crippen molar-refractivity contribution >= 4 is 74.2 Å². The van der Waals surface area contributed by atoms with E-state index < -0.39 is 35.0 Å². The molecule has 9 nitrogen and oxygen atoms in total. The normalized spacial score (nSPS) is 18.3. The van der Waals surface area contributed by atoms with Crippen molar-refractivity contribution in [1.82, 2.24) is 14.7 Å². The number of benzene rings is 2. The van der Waals surface area contributed by atoms with E-state index in [1.165, 1.54) is 10.4 Å². The van der Waals surface area contributed by atoms with Gasteiger partial charge in [-0.3, -0.25) is 19.3 Å². The van der Waals surface area contributed by atoms with Gasteiger partial charge < -0.3 is 19.3 Å². The fourth-order valence-electron chi connectivity index (χ4n) is 6.43. The van der Waals surface area contributed by atoms with E-state index in [2.05, 4.69) is 32.3 Å². The predicted molar refractivity (Wildman–Crippen MR) is 198 cm³/mol. The highest BCUT2D eigenvalue weighted by Crippen LogP contribution is 2.35. The first kappa shape index (κ1) is 38.3. The zero-order valence-electron chi connectivity index (χ0n) is 28.2. The second-order valence-corrected chi connectivity index (χ2v) is 15.4. The maximum atomic E-state index is 13.3. The molecular weight excluding hydrogens is 765 g/mol. The van der Waals surface area contributed by atoms with Gasteiger partial charge in [0.15, 0.2) is 12.2 Å². The molecule has 0 aliphatic carbocycles. The van der Waals surface area contributed by atoms with Crippen molar-refractivity contribution < 1.29 is 28.7 Å². The van der Waals surface area contributed by atoms with Crippen molar-refractivity contribution in [1.29, 1.82) is 0 Å². The largest absolute Gasteiger partial charge is 0.451 e. The molecule has 2 saturated heterocycles. The molecule has 50 heavy (non-hydrogen) atoms. The topological polar surface area (TPSA) is 96.5 Å². The van der Waals surface area contributed by atoms with Crippen LogP contribution in [0.3, 0.4) is 0 Å². The van der Waals surface area contributed by atoms with Gasteiger partial charge in [0.05, 0.1) is 0 Å². The van der Waals surface area contributed by atoms with Crippen LogP contribution in [0.25, 0.3) is 0 Å². The number of thiophene rings is 1. The Morgan fingerprint density at radius 3 is 1.76 bits per heavy atom. The van der Waals surface area contributed by atoms with Gasteiger partial charge in [-0.15, -0.1) is 11.3 Å². The number of nitrogens with zero attached hydrogens (tertiary/aromatic N) is 3. The van der Waals surface area contributed by atoms with Crippen molar-refractivity contribution in [3.05, 3.63) is 91.6 Å². The molecule has 2 amide bonds. The van der Waals surface area contributed by atoms with Crippen LogP contribution < -0.4 is 0 Å². The van der Waals surface area contributed by atoms with Crippen LogP contribution in [0, 0.1) is 0 Å². The van der Waals surface area contributed by atoms with Crippen LogP contribution >= 0.6 is 50.5 Å². The summed E-state index contributed by atoms with van der Waals surface area (Å²) in [7, 11) is 0. The first-order valence-electron chi connectivity index (χ1n) is 17.0. The van der Waals surface area contributed by atoms with E-state index in [9.17, 15) is 19.2 Å². The molecular formula is C37H42BrCl2N3O6S. The molecule has 0 bridgehead atoms. The fraction of sp³-hybridized carbons (Fsp3) is 0.459. The average Bonchev–Trinajstić information content (AvgIpc) is 3.92. The highest BCUT2D eigenvalue weighted by molar-refractivity contribution is 9.09. The molecule has 4 atom stereocenters. The molecule has 13 heteroatoms. The number of likely N-dealkylation sites (tertiary alicyclic amines) is 2. The molecule has 6 rings (SSSR count). The Bertz CT molecular complexity index is 1660. The summed E-state index contributed by atoms with van der Waals surface area (Å²) in [6.07, 6.45) is 3.34. The fourth-order valence-corrected chi connectivity index (χ4v) is 8.44. The minimum absolute atomic E-state index is 0.118. The molecule has 2 aromatic carbocycles. The third-order valence-electron chi connectivity index (χ3n) is 9.13. The van der Waals surface area contributed by atoms with Gasteiger partial charge in [-0.1, -0.05) is 75.5 Å². The lowest BCUT2D eigenvalue weighted by atomic mass is 10.0. The van der Waals surface area contributed by atoms with Crippen LogP contribution in [0.4, 0.5) is 0 Å². The van der Waals surface area contributed by atoms with Gasteiger partial charge >= 0.3 is 11.9 Å². The number of fused-ring (bicyclic) bond motifs is 1. The zero-order chi connectivity index (χ0) is 35.8. The second-order valence-electron chi connectivity index (χ2n) is 12.6. The first-order valence-corrected chi connectivity index (χ1v) is 19.5. The molecule has 4 heterocycles. The van der Waals surface area contributed by atoms with E-state index >= 15 is 0 Å². The Morgan fingerprint density at radius 1 is 0.720 bits per heavy atom. The summed E-state index contributed by atoms with van der Waals surface area (Å²) in [5.74, 6) is -1.19. The monoisotopic (exact) mass is 805 g/mol. The average molecular weight is 808 g/mol. The van der Waals surface area contributed by atoms with Crippen molar-refractivity contribution in [2.24, 2.45) is 0 Å². The number of esters is 2. The quantitative estimate of drug-likeness (QED) is 0.165. The summed E-state index contributed by atoms with van der Waals surface area (Å²) in [5, 5.41) is 3.10. The van der Waals surface area contributed by atoms with Gasteiger partial charge in [0.1, 0.15) is 10.9 Å². The van der Waals surface area contributed by atoms with Crippen molar-refractivity contribution in [2.45, 2.75) is 75.6 Å². The van der Waals surface area contributed by atoms with Gasteiger partial charge in [-0.05, 0) is 86.2 Å². The highest BCUT2D eigenvalue weighted by atomic mass is 79.9. The number of amides is 2. The van der Waals surface area contributed by atoms with E-state index in [0.717, 1.165) is 70.4 Å². The zero-order valence-corrected chi connectivity index (χ0v) is 32.1. The summed E-state index contributed by atoms with van der Waals surface area (Å²) in [6, 6.07) is 15.9. The van der Waals surface area contributed by atoms with Crippen LogP contribution in [0.15, 0.2) is 60.0 Å². The highest BCUT2D eigenvalue weighted by Gasteiger charge is 2.36. The molecule has 3 aromatic rings. The van der Waals surface area contributed by atoms with Crippen molar-refractivity contribution in [3.8, 4) is 0 Å². The van der Waals surface area contributed by atoms with Gasteiger partial charge in [0.2, 0.25) is 0 Å². The summed E-state index contributed by atoms with van der Waals surface area (Å²) in [5.41, 5.74) is 2.59. The van der Waals surface area contributed by atoms with Crippen LogP contribution in [0.2, 0.25) is 10.0 Å². The van der Waals surface area contributed by atoms with E-state index in [-0.39, 0.29) is 11.8 Å². The Balaban J connectivity index is 0.000000205. The molecule has 0 saturated carbocycles. The first-order chi connectivity index (χ1) is 24.0. The molecule has 2 fully saturated rings. The molecule has 3 aliphatic heterocycles. The van der Waals surface area contributed by atoms with Crippen LogP contribution in [-0.2, 0) is 41.6 Å². The third-order valence-corrected chi connectivity index (χ3v) is 11.7. The number of hydrogen-bond acceptors (Lipinski definition) is 8. The lowest BCUT2D eigenvalue weighted by molar-refractivity contribution is -0.163. The molecule has 1 unspecified atom stereocenters. The minimum Gasteiger partial charge on any atom is -0.451 e. The second kappa shape index (κ2) is 18.0. The van der Waals surface area contributed by atoms with E-state index in [1.54, 1.807) is 65.3 Å². The van der Waals surface area contributed by atoms with E-state index in [4.69, 9.17) is 32.7 Å². The summed E-state index contributed by atoms with van der Waals surface area (Å²) < 4.78 is 11.0. The Hall–Kier alpha value is -2.96. The Labute approximate surface area is 315 Å². The Morgan fingerprint density at radius 2 is 1.22 bits per heavy atom. The lowest BCUT2D eigenvalue weighted by Crippen LogP contribution is -2.42. The van der Waals surface area contributed by atoms with Gasteiger partial charge in [-0.25, -0.2) is 4.79 Å². The minimum atomic E-state index is -0.799. The number of ether oxygens (including phenoxy) is 2. The standard InChI is InChI=1S/C22H25ClN2O3S.C15H17BrClNO3/c1-15(21(26)24-10-4-5-11-24)28-22(27)20(17-6-2-3-7-18(17)23)25-12-8-19-16(14-25)9-13-29-19;1-10(14(19)18-8-4-5-9-18)21-15(20)13(16)11-6-2-3-7-12(11)17/h2-3,6-7,9,13,15,20H,4-5,8,10-12,14H2,1H3;2-3,6-7,10,13H,4-5,8-9H2,1H3/t15-,20+;10-,13?/m11/s1. The van der Waals surface area contributed by atoms with Crippen LogP contribution in [-0.4, -0.2) is 83.4 Å². The predicted octanol–water partition coefficient (Wildman–Crippen LogP) is 7.39. The molecule has 1 aromatic heterocycles. The molecule has 0 radical (unpaired) electrons. The van der Waals surface area contributed by atoms with Gasteiger partial charge in [-0.2, -0.15) is 0 Å². The number of halogens is 3. The number of carbonyl (C=O) groups excluding carboxylic acids is 4. The lowest BCUT2D eigenvalue weighted by Gasteiger charge is -2.34. The number of rotatable bonds is 9. The van der Waals surface area contributed by atoms with Gasteiger partial charge in [0, 0.05) is 54.2 Å². The maximum absolute atomic E-state index is 13.3. The number of alkyl halides is 1. The van der Waals surface area contributed by atoms with E-state index in [1.807, 2.05) is 18.2 Å². The van der Waals surface area contributed by atoms with E-state index in [0.29, 0.717) is 22.2 Å². The van der Waals surface area contributed by atoms with Crippen molar-refractivity contribution in [3.63, 3.8) is 0 Å². The SMILES string of the molecule is C[C@@H](OC(=O)C(Br)c1ccccc1Cl)C(=O)N1CCCC1.C[C@@H](OC(=O)[C@H](c1ccccc1Cl)N1CCc2sccc2C1)C(=O)N1CCCC1. The van der Waals surface area contributed by atoms with Crippen LogP contribution in [0.1, 0.15) is 72.0 Å². The summed E-state index contributed by atoms with van der Waals surface area (Å²) >= 11 is 17.5. The molecule has 0 N–H and O–H groups in total. The number of hydrogen-bond donors (Lipinski definition) is 0. The summed E-state index contributed by atoms with van der Waals surface area (Å²) in [4.78, 5) is 56.4. The maximum Gasteiger partial charge on any atom is 0.328 e. The van der Waals surface area contributed by atoms with Crippen LogP contribution in [0.5, 0.6) is 0 Å². The third kappa shape index (κ3) is 9.47. The molecule has 3 aliphatic rings. The van der Waals surface area contributed by atoms with Gasteiger partial charge in [0.25, 0.3) is 11.8 Å². The smallest absolute Gasteiger partial charge is 0.328 e. The molecule has 268 valence electrons. The molecule has 0 spiro atoms. The Kier molecular flexibility index (Phi) is 13.8.